The van der Waals surface area contributed by atoms with Crippen LogP contribution in [0.5, 0.6) is 0 Å². The van der Waals surface area contributed by atoms with Gasteiger partial charge in [-0.15, -0.1) is 10.2 Å². The number of anilines is 1. The number of furan rings is 1. The van der Waals surface area contributed by atoms with Gasteiger partial charge in [0.1, 0.15) is 11.3 Å². The molecule has 4 heterocycles. The molecule has 29 heavy (non-hydrogen) atoms. The van der Waals surface area contributed by atoms with Crippen LogP contribution in [0.15, 0.2) is 71.3 Å². The molecule has 0 spiro atoms. The predicted octanol–water partition coefficient (Wildman–Crippen LogP) is 3.25. The molecule has 3 aromatic heterocycles. The number of para-hydroxylation sites is 1. The first-order valence-electron chi connectivity index (χ1n) is 9.56. The van der Waals surface area contributed by atoms with Crippen molar-refractivity contribution in [1.29, 1.82) is 0 Å². The van der Waals surface area contributed by atoms with Crippen molar-refractivity contribution < 1.29 is 9.21 Å². The summed E-state index contributed by atoms with van der Waals surface area (Å²) in [6.45, 7) is 2.62. The van der Waals surface area contributed by atoms with E-state index in [0.29, 0.717) is 31.9 Å². The van der Waals surface area contributed by atoms with Crippen molar-refractivity contribution in [2.24, 2.45) is 0 Å². The lowest BCUT2D eigenvalue weighted by Gasteiger charge is -2.34. The molecule has 1 aromatic carbocycles. The molecule has 1 aliphatic rings. The molecule has 0 aliphatic carbocycles. The van der Waals surface area contributed by atoms with Crippen molar-refractivity contribution in [3.63, 3.8) is 0 Å². The third-order valence-electron chi connectivity index (χ3n) is 5.10. The molecular formula is C22H19N5O2. The van der Waals surface area contributed by atoms with Crippen molar-refractivity contribution in [1.82, 2.24) is 20.1 Å². The summed E-state index contributed by atoms with van der Waals surface area (Å²) in [6.07, 6.45) is 1.74. The van der Waals surface area contributed by atoms with E-state index in [1.54, 1.807) is 6.20 Å². The molecule has 4 aromatic rings. The molecule has 1 fully saturated rings. The van der Waals surface area contributed by atoms with Crippen LogP contribution in [0.3, 0.4) is 0 Å². The Kier molecular flexibility index (Phi) is 4.40. The fourth-order valence-corrected chi connectivity index (χ4v) is 3.53. The summed E-state index contributed by atoms with van der Waals surface area (Å²) >= 11 is 0. The average Bonchev–Trinajstić information content (AvgIpc) is 3.24. The number of fused-ring (bicyclic) bond motifs is 1. The van der Waals surface area contributed by atoms with Crippen LogP contribution in [-0.4, -0.2) is 52.2 Å². The minimum atomic E-state index is -0.0718. The van der Waals surface area contributed by atoms with Gasteiger partial charge in [-0.1, -0.05) is 24.3 Å². The van der Waals surface area contributed by atoms with E-state index < -0.39 is 0 Å². The van der Waals surface area contributed by atoms with Crippen molar-refractivity contribution in [3.05, 3.63) is 72.6 Å². The fraction of sp³-hybridized carbons (Fsp3) is 0.182. The Morgan fingerprint density at radius 2 is 1.69 bits per heavy atom. The zero-order chi connectivity index (χ0) is 19.6. The predicted molar refractivity (Wildman–Crippen MR) is 110 cm³/mol. The monoisotopic (exact) mass is 385 g/mol. The number of pyridine rings is 1. The second-order valence-electron chi connectivity index (χ2n) is 6.92. The summed E-state index contributed by atoms with van der Waals surface area (Å²) in [6, 6.07) is 19.1. The molecule has 0 bridgehead atoms. The summed E-state index contributed by atoms with van der Waals surface area (Å²) < 4.78 is 5.72. The number of amides is 1. The van der Waals surface area contributed by atoms with Gasteiger partial charge in [0.25, 0.3) is 5.91 Å². The van der Waals surface area contributed by atoms with Crippen molar-refractivity contribution in [3.8, 4) is 11.4 Å². The molecule has 144 valence electrons. The Labute approximate surface area is 167 Å². The van der Waals surface area contributed by atoms with Gasteiger partial charge < -0.3 is 14.2 Å². The molecule has 0 saturated carbocycles. The number of carbonyl (C=O) groups is 1. The van der Waals surface area contributed by atoms with Crippen LogP contribution < -0.4 is 4.90 Å². The Hall–Kier alpha value is -3.74. The first kappa shape index (κ1) is 17.4. The van der Waals surface area contributed by atoms with Crippen LogP contribution in [0, 0.1) is 0 Å². The normalized spacial score (nSPS) is 14.3. The molecule has 1 saturated heterocycles. The molecule has 5 rings (SSSR count). The summed E-state index contributed by atoms with van der Waals surface area (Å²) in [5.41, 5.74) is 2.28. The SMILES string of the molecule is O=C(c1cc2ccccc2o1)N1CCN(c2ccc(-c3ccccn3)nn2)CC1. The maximum Gasteiger partial charge on any atom is 0.289 e. The van der Waals surface area contributed by atoms with Gasteiger partial charge in [-0.25, -0.2) is 0 Å². The molecule has 1 amide bonds. The van der Waals surface area contributed by atoms with E-state index >= 15 is 0 Å². The van der Waals surface area contributed by atoms with Gasteiger partial charge >= 0.3 is 0 Å². The van der Waals surface area contributed by atoms with E-state index in [0.717, 1.165) is 28.2 Å². The van der Waals surface area contributed by atoms with Crippen LogP contribution in [0.2, 0.25) is 0 Å². The van der Waals surface area contributed by atoms with Crippen LogP contribution in [0.4, 0.5) is 5.82 Å². The van der Waals surface area contributed by atoms with Crippen molar-refractivity contribution in [2.75, 3.05) is 31.1 Å². The van der Waals surface area contributed by atoms with Crippen LogP contribution in [-0.2, 0) is 0 Å². The van der Waals surface area contributed by atoms with E-state index in [1.807, 2.05) is 65.6 Å². The van der Waals surface area contributed by atoms with Gasteiger partial charge in [0.2, 0.25) is 0 Å². The van der Waals surface area contributed by atoms with Crippen molar-refractivity contribution >= 4 is 22.7 Å². The number of nitrogens with zero attached hydrogens (tertiary/aromatic N) is 5. The number of hydrogen-bond donors (Lipinski definition) is 0. The highest BCUT2D eigenvalue weighted by atomic mass is 16.3. The van der Waals surface area contributed by atoms with E-state index in [1.165, 1.54) is 0 Å². The molecule has 0 unspecified atom stereocenters. The topological polar surface area (TPSA) is 75.4 Å². The van der Waals surface area contributed by atoms with Crippen molar-refractivity contribution in [2.45, 2.75) is 0 Å². The summed E-state index contributed by atoms with van der Waals surface area (Å²) in [5.74, 6) is 1.12. The summed E-state index contributed by atoms with van der Waals surface area (Å²) in [5, 5.41) is 9.59. The lowest BCUT2D eigenvalue weighted by atomic mass is 10.2. The zero-order valence-electron chi connectivity index (χ0n) is 15.7. The molecule has 0 radical (unpaired) electrons. The Balaban J connectivity index is 1.25. The van der Waals surface area contributed by atoms with Gasteiger partial charge in [-0.2, -0.15) is 0 Å². The second kappa shape index (κ2) is 7.35. The molecule has 1 aliphatic heterocycles. The first-order chi connectivity index (χ1) is 14.3. The maximum atomic E-state index is 12.8. The zero-order valence-corrected chi connectivity index (χ0v) is 15.7. The lowest BCUT2D eigenvalue weighted by molar-refractivity contribution is 0.0717. The Morgan fingerprint density at radius 3 is 2.41 bits per heavy atom. The Morgan fingerprint density at radius 1 is 0.862 bits per heavy atom. The van der Waals surface area contributed by atoms with Gasteiger partial charge in [0.05, 0.1) is 5.69 Å². The largest absolute Gasteiger partial charge is 0.451 e. The third kappa shape index (κ3) is 3.42. The summed E-state index contributed by atoms with van der Waals surface area (Å²) in [7, 11) is 0. The maximum absolute atomic E-state index is 12.8. The van der Waals surface area contributed by atoms with Gasteiger partial charge in [0, 0.05) is 37.8 Å². The molecule has 7 nitrogen and oxygen atoms in total. The van der Waals surface area contributed by atoms with Gasteiger partial charge in [-0.3, -0.25) is 9.78 Å². The molecule has 0 atom stereocenters. The quantitative estimate of drug-likeness (QED) is 0.539. The van der Waals surface area contributed by atoms with E-state index in [-0.39, 0.29) is 5.91 Å². The van der Waals surface area contributed by atoms with Crippen LogP contribution >= 0.6 is 0 Å². The third-order valence-corrected chi connectivity index (χ3v) is 5.10. The summed E-state index contributed by atoms with van der Waals surface area (Å²) in [4.78, 5) is 21.0. The number of rotatable bonds is 3. The van der Waals surface area contributed by atoms with E-state index in [9.17, 15) is 4.79 Å². The van der Waals surface area contributed by atoms with E-state index in [4.69, 9.17) is 4.42 Å². The number of carbonyl (C=O) groups excluding carboxylic acids is 1. The fourth-order valence-electron chi connectivity index (χ4n) is 3.53. The molecule has 0 N–H and O–H groups in total. The minimum Gasteiger partial charge on any atom is -0.451 e. The minimum absolute atomic E-state index is 0.0718. The first-order valence-corrected chi connectivity index (χ1v) is 9.56. The van der Waals surface area contributed by atoms with E-state index in [2.05, 4.69) is 20.1 Å². The molecule has 7 heteroatoms. The molecular weight excluding hydrogens is 366 g/mol. The standard InChI is InChI=1S/C22H19N5O2/c28-22(20-15-16-5-1-2-7-19(16)29-20)27-13-11-26(12-14-27)21-9-8-18(24-25-21)17-6-3-4-10-23-17/h1-10,15H,11-14H2. The highest BCUT2D eigenvalue weighted by Gasteiger charge is 2.25. The number of aromatic nitrogens is 3. The highest BCUT2D eigenvalue weighted by Crippen LogP contribution is 2.22. The number of benzene rings is 1. The van der Waals surface area contributed by atoms with Gasteiger partial charge in [-0.05, 0) is 36.4 Å². The number of piperazine rings is 1. The smallest absolute Gasteiger partial charge is 0.289 e. The second-order valence-corrected chi connectivity index (χ2v) is 6.92. The Bertz CT molecular complexity index is 1100. The van der Waals surface area contributed by atoms with Gasteiger partial charge in [0.15, 0.2) is 11.6 Å². The van der Waals surface area contributed by atoms with Crippen LogP contribution in [0.1, 0.15) is 10.6 Å². The average molecular weight is 385 g/mol. The highest BCUT2D eigenvalue weighted by molar-refractivity contribution is 5.96. The lowest BCUT2D eigenvalue weighted by Crippen LogP contribution is -2.49. The van der Waals surface area contributed by atoms with Crippen LogP contribution in [0.25, 0.3) is 22.4 Å². The number of hydrogen-bond acceptors (Lipinski definition) is 6.